The van der Waals surface area contributed by atoms with Crippen molar-refractivity contribution in [3.63, 3.8) is 0 Å². The molecule has 1 heterocycles. The molecule has 1 aliphatic rings. The summed E-state index contributed by atoms with van der Waals surface area (Å²) in [7, 11) is 0. The number of halogens is 2. The van der Waals surface area contributed by atoms with E-state index < -0.39 is 0 Å². The molecule has 1 aliphatic heterocycles. The molecule has 21 heavy (non-hydrogen) atoms. The van der Waals surface area contributed by atoms with E-state index in [0.717, 1.165) is 28.9 Å². The Morgan fingerprint density at radius 3 is 2.67 bits per heavy atom. The number of hydrogen-bond donors (Lipinski definition) is 0. The molecule has 108 valence electrons. The highest BCUT2D eigenvalue weighted by atomic mass is 35.5. The smallest absolute Gasteiger partial charge is 0.141 e. The SMILES string of the molecule is O=C(Cc1ccccc1Cl)Cc1cc(Cl)cc2c1OCC2. The number of carbonyl (C=O) groups excluding carboxylic acids is 1. The van der Waals surface area contributed by atoms with Gasteiger partial charge in [-0.2, -0.15) is 0 Å². The Morgan fingerprint density at radius 1 is 1.10 bits per heavy atom. The quantitative estimate of drug-likeness (QED) is 0.840. The fourth-order valence-electron chi connectivity index (χ4n) is 2.61. The van der Waals surface area contributed by atoms with Crippen LogP contribution >= 0.6 is 23.2 Å². The first-order chi connectivity index (χ1) is 10.1. The van der Waals surface area contributed by atoms with Gasteiger partial charge in [0.25, 0.3) is 0 Å². The number of Topliss-reactive ketones (excluding diaryl/α,β-unsaturated/α-hetero) is 1. The summed E-state index contributed by atoms with van der Waals surface area (Å²) in [6.07, 6.45) is 1.48. The van der Waals surface area contributed by atoms with Gasteiger partial charge in [-0.15, -0.1) is 0 Å². The van der Waals surface area contributed by atoms with Crippen LogP contribution in [-0.4, -0.2) is 12.4 Å². The molecule has 3 rings (SSSR count). The molecule has 2 nitrogen and oxygen atoms in total. The second-order valence-electron chi connectivity index (χ2n) is 5.14. The Kier molecular flexibility index (Phi) is 4.18. The van der Waals surface area contributed by atoms with E-state index in [9.17, 15) is 4.79 Å². The van der Waals surface area contributed by atoms with Gasteiger partial charge in [0, 0.05) is 34.9 Å². The summed E-state index contributed by atoms with van der Waals surface area (Å²) in [6, 6.07) is 11.1. The van der Waals surface area contributed by atoms with Crippen molar-refractivity contribution in [2.24, 2.45) is 0 Å². The zero-order valence-corrected chi connectivity index (χ0v) is 12.9. The maximum atomic E-state index is 12.3. The summed E-state index contributed by atoms with van der Waals surface area (Å²) in [6.45, 7) is 0.654. The highest BCUT2D eigenvalue weighted by Gasteiger charge is 2.19. The molecule has 0 amide bonds. The Bertz CT molecular complexity index is 695. The summed E-state index contributed by atoms with van der Waals surface area (Å²) in [4.78, 5) is 12.3. The Labute approximate surface area is 133 Å². The monoisotopic (exact) mass is 320 g/mol. The number of benzene rings is 2. The van der Waals surface area contributed by atoms with Gasteiger partial charge in [0.1, 0.15) is 11.5 Å². The molecule has 4 heteroatoms. The van der Waals surface area contributed by atoms with E-state index in [0.29, 0.717) is 29.5 Å². The van der Waals surface area contributed by atoms with E-state index in [1.54, 1.807) is 6.07 Å². The molecule has 0 radical (unpaired) electrons. The first-order valence-electron chi connectivity index (χ1n) is 6.82. The summed E-state index contributed by atoms with van der Waals surface area (Å²) in [5.74, 6) is 0.926. The fourth-order valence-corrected chi connectivity index (χ4v) is 3.07. The first-order valence-corrected chi connectivity index (χ1v) is 7.58. The average molecular weight is 321 g/mol. The molecule has 0 spiro atoms. The zero-order chi connectivity index (χ0) is 14.8. The van der Waals surface area contributed by atoms with Crippen LogP contribution < -0.4 is 4.74 Å². The van der Waals surface area contributed by atoms with E-state index in [2.05, 4.69) is 0 Å². The molecule has 0 N–H and O–H groups in total. The number of rotatable bonds is 4. The van der Waals surface area contributed by atoms with E-state index >= 15 is 0 Å². The van der Waals surface area contributed by atoms with Gasteiger partial charge < -0.3 is 4.74 Å². The Balaban J connectivity index is 1.78. The molecule has 0 saturated heterocycles. The van der Waals surface area contributed by atoms with Crippen molar-refractivity contribution in [3.8, 4) is 5.75 Å². The zero-order valence-electron chi connectivity index (χ0n) is 11.4. The van der Waals surface area contributed by atoms with Crippen molar-refractivity contribution in [3.05, 3.63) is 63.1 Å². The van der Waals surface area contributed by atoms with E-state index in [1.807, 2.05) is 30.3 Å². The van der Waals surface area contributed by atoms with Gasteiger partial charge in [-0.25, -0.2) is 0 Å². The van der Waals surface area contributed by atoms with Gasteiger partial charge >= 0.3 is 0 Å². The molecule has 0 fully saturated rings. The molecular weight excluding hydrogens is 307 g/mol. The molecule has 0 saturated carbocycles. The van der Waals surface area contributed by atoms with Crippen LogP contribution in [0, 0.1) is 0 Å². The minimum atomic E-state index is 0.100. The van der Waals surface area contributed by atoms with Gasteiger partial charge in [-0.1, -0.05) is 41.4 Å². The van der Waals surface area contributed by atoms with Crippen LogP contribution in [0.2, 0.25) is 10.0 Å². The lowest BCUT2D eigenvalue weighted by atomic mass is 10.00. The third-order valence-corrected chi connectivity index (χ3v) is 4.15. The third kappa shape index (κ3) is 3.22. The van der Waals surface area contributed by atoms with Crippen molar-refractivity contribution >= 4 is 29.0 Å². The van der Waals surface area contributed by atoms with Crippen LogP contribution in [0.1, 0.15) is 16.7 Å². The van der Waals surface area contributed by atoms with Crippen LogP contribution in [0.3, 0.4) is 0 Å². The molecule has 2 aromatic rings. The van der Waals surface area contributed by atoms with E-state index in [1.165, 1.54) is 0 Å². The lowest BCUT2D eigenvalue weighted by molar-refractivity contribution is -0.117. The average Bonchev–Trinajstić information content (AvgIpc) is 2.89. The fraction of sp³-hybridized carbons (Fsp3) is 0.235. The van der Waals surface area contributed by atoms with Gasteiger partial charge in [-0.05, 0) is 29.3 Å². The van der Waals surface area contributed by atoms with Crippen molar-refractivity contribution in [1.82, 2.24) is 0 Å². The lowest BCUT2D eigenvalue weighted by Crippen LogP contribution is -2.08. The number of ether oxygens (including phenoxy) is 1. The molecule has 2 aromatic carbocycles. The van der Waals surface area contributed by atoms with Gasteiger partial charge in [0.05, 0.1) is 6.61 Å². The first kappa shape index (κ1) is 14.4. The summed E-state index contributed by atoms with van der Waals surface area (Å²) < 4.78 is 5.62. The van der Waals surface area contributed by atoms with Crippen molar-refractivity contribution in [2.45, 2.75) is 19.3 Å². The second kappa shape index (κ2) is 6.08. The summed E-state index contributed by atoms with van der Waals surface area (Å²) in [5, 5.41) is 1.28. The minimum absolute atomic E-state index is 0.100. The van der Waals surface area contributed by atoms with Gasteiger partial charge in [-0.3, -0.25) is 4.79 Å². The minimum Gasteiger partial charge on any atom is -0.493 e. The van der Waals surface area contributed by atoms with E-state index in [4.69, 9.17) is 27.9 Å². The predicted molar refractivity (Wildman–Crippen MR) is 84.5 cm³/mol. The molecule has 0 unspecified atom stereocenters. The maximum absolute atomic E-state index is 12.3. The number of fused-ring (bicyclic) bond motifs is 1. The predicted octanol–water partition coefficient (Wildman–Crippen LogP) is 4.28. The van der Waals surface area contributed by atoms with Crippen molar-refractivity contribution in [1.29, 1.82) is 0 Å². The number of ketones is 1. The standard InChI is InChI=1S/C17H14Cl2O2/c18-14-7-12-5-6-21-17(12)13(8-14)10-15(20)9-11-3-1-2-4-16(11)19/h1-4,7-8H,5-6,9-10H2. The van der Waals surface area contributed by atoms with Crippen molar-refractivity contribution < 1.29 is 9.53 Å². The number of hydrogen-bond acceptors (Lipinski definition) is 2. The van der Waals surface area contributed by atoms with Crippen LogP contribution in [0.15, 0.2) is 36.4 Å². The largest absolute Gasteiger partial charge is 0.493 e. The Hall–Kier alpha value is -1.51. The van der Waals surface area contributed by atoms with E-state index in [-0.39, 0.29) is 5.78 Å². The third-order valence-electron chi connectivity index (χ3n) is 3.56. The molecule has 0 aromatic heterocycles. The van der Waals surface area contributed by atoms with Crippen molar-refractivity contribution in [2.75, 3.05) is 6.61 Å². The highest BCUT2D eigenvalue weighted by molar-refractivity contribution is 6.31. The molecule has 0 aliphatic carbocycles. The molecule has 0 atom stereocenters. The summed E-state index contributed by atoms with van der Waals surface area (Å²) >= 11 is 12.2. The van der Waals surface area contributed by atoms with Gasteiger partial charge in [0.2, 0.25) is 0 Å². The van der Waals surface area contributed by atoms with Crippen LogP contribution in [0.5, 0.6) is 5.75 Å². The van der Waals surface area contributed by atoms with Crippen LogP contribution in [0.4, 0.5) is 0 Å². The second-order valence-corrected chi connectivity index (χ2v) is 5.98. The Morgan fingerprint density at radius 2 is 1.86 bits per heavy atom. The molecule has 0 bridgehead atoms. The summed E-state index contributed by atoms with van der Waals surface area (Å²) in [5.41, 5.74) is 2.80. The maximum Gasteiger partial charge on any atom is 0.141 e. The number of carbonyl (C=O) groups is 1. The van der Waals surface area contributed by atoms with Gasteiger partial charge in [0.15, 0.2) is 0 Å². The van der Waals surface area contributed by atoms with Crippen LogP contribution in [-0.2, 0) is 24.1 Å². The lowest BCUT2D eigenvalue weighted by Gasteiger charge is -2.09. The van der Waals surface area contributed by atoms with Crippen LogP contribution in [0.25, 0.3) is 0 Å². The molecular formula is C17H14Cl2O2. The topological polar surface area (TPSA) is 26.3 Å². The highest BCUT2D eigenvalue weighted by Crippen LogP contribution is 2.33. The normalized spacial score (nSPS) is 12.9.